The van der Waals surface area contributed by atoms with E-state index in [2.05, 4.69) is 5.32 Å². The van der Waals surface area contributed by atoms with Crippen LogP contribution >= 0.6 is 0 Å². The van der Waals surface area contributed by atoms with Crippen molar-refractivity contribution in [2.75, 3.05) is 19.0 Å². The molecule has 5 heteroatoms. The lowest BCUT2D eigenvalue weighted by molar-refractivity contribution is -0.143. The highest BCUT2D eigenvalue weighted by Gasteiger charge is 2.22. The van der Waals surface area contributed by atoms with Crippen molar-refractivity contribution < 1.29 is 14.3 Å². The van der Waals surface area contributed by atoms with Gasteiger partial charge in [-0.1, -0.05) is 36.4 Å². The summed E-state index contributed by atoms with van der Waals surface area (Å²) in [7, 11) is 1.52. The van der Waals surface area contributed by atoms with Crippen molar-refractivity contribution in [1.82, 2.24) is 4.90 Å². The molecule has 0 spiro atoms. The Kier molecular flexibility index (Phi) is 5.95. The van der Waals surface area contributed by atoms with E-state index < -0.39 is 11.8 Å². The van der Waals surface area contributed by atoms with Crippen molar-refractivity contribution in [2.45, 2.75) is 20.4 Å². The summed E-state index contributed by atoms with van der Waals surface area (Å²) in [5, 5.41) is 2.65. The molecule has 2 aromatic carbocycles. The number of carbonyl (C=O) groups is 2. The zero-order chi connectivity index (χ0) is 17.5. The quantitative estimate of drug-likeness (QED) is 0.859. The Hall–Kier alpha value is -2.82. The normalized spacial score (nSPS) is 10.1. The van der Waals surface area contributed by atoms with Gasteiger partial charge in [-0.15, -0.1) is 0 Å². The molecule has 0 atom stereocenters. The molecule has 0 radical (unpaired) electrons. The van der Waals surface area contributed by atoms with Gasteiger partial charge in [0.2, 0.25) is 0 Å². The first-order valence-corrected chi connectivity index (χ1v) is 7.84. The molecule has 0 fully saturated rings. The minimum absolute atomic E-state index is 0.397. The largest absolute Gasteiger partial charge is 0.495 e. The van der Waals surface area contributed by atoms with Crippen LogP contribution in [0, 0.1) is 6.92 Å². The van der Waals surface area contributed by atoms with Crippen LogP contribution in [0.5, 0.6) is 5.75 Å². The number of nitrogens with one attached hydrogen (secondary N) is 1. The highest BCUT2D eigenvalue weighted by atomic mass is 16.5. The van der Waals surface area contributed by atoms with Gasteiger partial charge in [-0.05, 0) is 37.1 Å². The first kappa shape index (κ1) is 17.5. The molecule has 0 aliphatic heterocycles. The van der Waals surface area contributed by atoms with Crippen LogP contribution in [0.15, 0.2) is 48.5 Å². The number of rotatable bonds is 5. The van der Waals surface area contributed by atoms with Gasteiger partial charge in [0.05, 0.1) is 12.8 Å². The number of nitrogens with zero attached hydrogens (tertiary/aromatic N) is 1. The molecule has 0 unspecified atom stereocenters. The van der Waals surface area contributed by atoms with Crippen LogP contribution in [0.1, 0.15) is 18.1 Å². The zero-order valence-electron chi connectivity index (χ0n) is 14.2. The van der Waals surface area contributed by atoms with Gasteiger partial charge < -0.3 is 15.0 Å². The van der Waals surface area contributed by atoms with Gasteiger partial charge >= 0.3 is 11.8 Å². The molecule has 0 aliphatic rings. The summed E-state index contributed by atoms with van der Waals surface area (Å²) in [6, 6.07) is 15.0. The number of benzene rings is 2. The molecular formula is C19H22N2O3. The van der Waals surface area contributed by atoms with Crippen LogP contribution in [0.4, 0.5) is 5.69 Å². The number of likely N-dealkylation sites (N-methyl/N-ethyl adjacent to an activating group) is 1. The minimum Gasteiger partial charge on any atom is -0.495 e. The molecule has 0 saturated carbocycles. The fourth-order valence-electron chi connectivity index (χ4n) is 2.37. The number of hydrogen-bond donors (Lipinski definition) is 1. The third-order valence-corrected chi connectivity index (χ3v) is 3.68. The summed E-state index contributed by atoms with van der Waals surface area (Å²) in [5.74, 6) is -0.713. The van der Waals surface area contributed by atoms with Gasteiger partial charge in [-0.2, -0.15) is 0 Å². The highest BCUT2D eigenvalue weighted by molar-refractivity contribution is 6.39. The van der Waals surface area contributed by atoms with E-state index in [1.807, 2.05) is 50.2 Å². The first-order chi connectivity index (χ1) is 11.5. The Bertz CT molecular complexity index is 714. The van der Waals surface area contributed by atoms with Crippen molar-refractivity contribution in [3.8, 4) is 5.75 Å². The first-order valence-electron chi connectivity index (χ1n) is 7.84. The molecule has 2 amide bonds. The van der Waals surface area contributed by atoms with E-state index >= 15 is 0 Å². The van der Waals surface area contributed by atoms with E-state index in [0.29, 0.717) is 24.5 Å². The van der Waals surface area contributed by atoms with E-state index in [4.69, 9.17) is 4.74 Å². The highest BCUT2D eigenvalue weighted by Crippen LogP contribution is 2.25. The van der Waals surface area contributed by atoms with Crippen molar-refractivity contribution >= 4 is 17.5 Å². The van der Waals surface area contributed by atoms with Crippen LogP contribution < -0.4 is 10.1 Å². The lowest BCUT2D eigenvalue weighted by atomic mass is 10.2. The summed E-state index contributed by atoms with van der Waals surface area (Å²) < 4.78 is 5.22. The van der Waals surface area contributed by atoms with Gasteiger partial charge in [0.1, 0.15) is 5.75 Å². The van der Waals surface area contributed by atoms with Crippen LogP contribution in [0.25, 0.3) is 0 Å². The van der Waals surface area contributed by atoms with Gasteiger partial charge in [0, 0.05) is 13.1 Å². The average Bonchev–Trinajstić information content (AvgIpc) is 2.60. The van der Waals surface area contributed by atoms with Crippen molar-refractivity contribution in [3.63, 3.8) is 0 Å². The lowest BCUT2D eigenvalue weighted by Gasteiger charge is -2.20. The molecule has 0 heterocycles. The number of anilines is 1. The summed E-state index contributed by atoms with van der Waals surface area (Å²) in [4.78, 5) is 26.3. The second kappa shape index (κ2) is 8.15. The molecular weight excluding hydrogens is 304 g/mol. The second-order valence-corrected chi connectivity index (χ2v) is 5.46. The Morgan fingerprint density at radius 3 is 2.46 bits per heavy atom. The Balaban J connectivity index is 2.10. The number of hydrogen-bond acceptors (Lipinski definition) is 3. The maximum absolute atomic E-state index is 12.4. The number of methoxy groups -OCH3 is 1. The van der Waals surface area contributed by atoms with E-state index in [9.17, 15) is 9.59 Å². The van der Waals surface area contributed by atoms with E-state index in [1.165, 1.54) is 12.0 Å². The second-order valence-electron chi connectivity index (χ2n) is 5.46. The standard InChI is InChI=1S/C19H22N2O3/c1-4-21(13-15-8-6-5-7-9-15)19(23)18(22)20-16-12-14(2)10-11-17(16)24-3/h5-12H,4,13H2,1-3H3,(H,20,22). The van der Waals surface area contributed by atoms with Crippen LogP contribution in [-0.2, 0) is 16.1 Å². The van der Waals surface area contributed by atoms with Gasteiger partial charge in [0.15, 0.2) is 0 Å². The predicted molar refractivity (Wildman–Crippen MR) is 93.9 cm³/mol. The number of aryl methyl sites for hydroxylation is 1. The number of carbonyl (C=O) groups excluding carboxylic acids is 2. The zero-order valence-corrected chi connectivity index (χ0v) is 14.2. The number of amides is 2. The lowest BCUT2D eigenvalue weighted by Crippen LogP contribution is -2.39. The number of ether oxygens (including phenoxy) is 1. The Morgan fingerprint density at radius 1 is 1.12 bits per heavy atom. The smallest absolute Gasteiger partial charge is 0.314 e. The van der Waals surface area contributed by atoms with E-state index in [-0.39, 0.29) is 0 Å². The average molecular weight is 326 g/mol. The van der Waals surface area contributed by atoms with Crippen LogP contribution in [0.3, 0.4) is 0 Å². The Morgan fingerprint density at radius 2 is 1.83 bits per heavy atom. The molecule has 0 saturated heterocycles. The maximum atomic E-state index is 12.4. The fraction of sp³-hybridized carbons (Fsp3) is 0.263. The summed E-state index contributed by atoms with van der Waals surface area (Å²) in [5.41, 5.74) is 2.44. The molecule has 1 N–H and O–H groups in total. The topological polar surface area (TPSA) is 58.6 Å². The third kappa shape index (κ3) is 4.35. The fourth-order valence-corrected chi connectivity index (χ4v) is 2.37. The predicted octanol–water partition coefficient (Wildman–Crippen LogP) is 2.99. The molecule has 24 heavy (non-hydrogen) atoms. The van der Waals surface area contributed by atoms with Crippen LogP contribution in [0.2, 0.25) is 0 Å². The molecule has 2 aromatic rings. The van der Waals surface area contributed by atoms with Gasteiger partial charge in [0.25, 0.3) is 0 Å². The molecule has 126 valence electrons. The minimum atomic E-state index is -0.670. The van der Waals surface area contributed by atoms with E-state index in [0.717, 1.165) is 11.1 Å². The molecule has 2 rings (SSSR count). The molecule has 0 aliphatic carbocycles. The van der Waals surface area contributed by atoms with Crippen molar-refractivity contribution in [3.05, 3.63) is 59.7 Å². The van der Waals surface area contributed by atoms with E-state index in [1.54, 1.807) is 12.1 Å². The summed E-state index contributed by atoms with van der Waals surface area (Å²) >= 11 is 0. The van der Waals surface area contributed by atoms with Crippen molar-refractivity contribution in [2.24, 2.45) is 0 Å². The summed E-state index contributed by atoms with van der Waals surface area (Å²) in [6.07, 6.45) is 0. The molecule has 0 aromatic heterocycles. The monoisotopic (exact) mass is 326 g/mol. The molecule has 5 nitrogen and oxygen atoms in total. The van der Waals surface area contributed by atoms with Crippen LogP contribution in [-0.4, -0.2) is 30.4 Å². The molecule has 0 bridgehead atoms. The van der Waals surface area contributed by atoms with Crippen molar-refractivity contribution in [1.29, 1.82) is 0 Å². The van der Waals surface area contributed by atoms with Gasteiger partial charge in [-0.25, -0.2) is 0 Å². The third-order valence-electron chi connectivity index (χ3n) is 3.68. The summed E-state index contributed by atoms with van der Waals surface area (Å²) in [6.45, 7) is 4.60. The maximum Gasteiger partial charge on any atom is 0.314 e. The SMILES string of the molecule is CCN(Cc1ccccc1)C(=O)C(=O)Nc1cc(C)ccc1OC. The van der Waals surface area contributed by atoms with Gasteiger partial charge in [-0.3, -0.25) is 9.59 Å². The Labute approximate surface area is 142 Å².